The van der Waals surface area contributed by atoms with Crippen LogP contribution in [-0.4, -0.2) is 49.8 Å². The highest BCUT2D eigenvalue weighted by molar-refractivity contribution is 6.05. The predicted octanol–water partition coefficient (Wildman–Crippen LogP) is 18.2. The summed E-state index contributed by atoms with van der Waals surface area (Å²) in [6.45, 7) is 0. The maximum atomic E-state index is 5.16. The maximum Gasteiger partial charge on any atom is 0.0972 e. The molecular weight excluding hydrogens is 1050 g/mol. The van der Waals surface area contributed by atoms with E-state index in [4.69, 9.17) is 34.9 Å². The van der Waals surface area contributed by atoms with Crippen molar-refractivity contribution in [1.82, 2.24) is 49.8 Å². The van der Waals surface area contributed by atoms with Crippen molar-refractivity contribution < 1.29 is 0 Å². The third-order valence-corrected chi connectivity index (χ3v) is 15.8. The molecular formula is C76H46N10. The quantitative estimate of drug-likeness (QED) is 0.142. The third kappa shape index (κ3) is 9.48. The fourth-order valence-electron chi connectivity index (χ4n) is 11.3. The largest absolute Gasteiger partial charge is 0.255 e. The Morgan fingerprint density at radius 2 is 0.465 bits per heavy atom. The molecule has 10 heterocycles. The van der Waals surface area contributed by atoms with Crippen molar-refractivity contribution in [3.63, 3.8) is 0 Å². The van der Waals surface area contributed by atoms with E-state index in [0.29, 0.717) is 0 Å². The summed E-state index contributed by atoms with van der Waals surface area (Å²) in [7, 11) is 0. The second-order valence-corrected chi connectivity index (χ2v) is 21.2. The Bertz CT molecular complexity index is 5490. The Morgan fingerprint density at radius 1 is 0.163 bits per heavy atom. The average Bonchev–Trinajstić information content (AvgIpc) is 3.72. The van der Waals surface area contributed by atoms with Crippen LogP contribution in [0.25, 0.3) is 166 Å². The molecule has 17 rings (SSSR count). The van der Waals surface area contributed by atoms with Crippen LogP contribution in [0.1, 0.15) is 0 Å². The van der Waals surface area contributed by atoms with Crippen molar-refractivity contribution in [2.24, 2.45) is 0 Å². The van der Waals surface area contributed by atoms with E-state index < -0.39 is 0 Å². The van der Waals surface area contributed by atoms with Gasteiger partial charge in [0.2, 0.25) is 0 Å². The Hall–Kier alpha value is -11.9. The molecule has 0 aliphatic carbocycles. The first-order valence-electron chi connectivity index (χ1n) is 28.4. The summed E-state index contributed by atoms with van der Waals surface area (Å²) in [6.07, 6.45) is 5.40. The molecule has 0 bridgehead atoms. The number of benzene rings is 7. The highest BCUT2D eigenvalue weighted by atomic mass is 14.8. The summed E-state index contributed by atoms with van der Waals surface area (Å²) < 4.78 is 0. The number of fused-ring (bicyclic) bond motifs is 10. The molecule has 0 atom stereocenters. The monoisotopic (exact) mass is 1100 g/mol. The van der Waals surface area contributed by atoms with Crippen LogP contribution >= 0.6 is 0 Å². The van der Waals surface area contributed by atoms with Gasteiger partial charge in [0.05, 0.1) is 95.4 Å². The Morgan fingerprint density at radius 3 is 0.872 bits per heavy atom. The van der Waals surface area contributed by atoms with Gasteiger partial charge in [-0.3, -0.25) is 15.0 Å². The van der Waals surface area contributed by atoms with Crippen molar-refractivity contribution in [2.75, 3.05) is 0 Å². The van der Waals surface area contributed by atoms with Crippen molar-refractivity contribution in [2.45, 2.75) is 0 Å². The van der Waals surface area contributed by atoms with E-state index in [9.17, 15) is 0 Å². The van der Waals surface area contributed by atoms with E-state index in [1.807, 2.05) is 79.0 Å². The predicted molar refractivity (Wildman–Crippen MR) is 349 cm³/mol. The van der Waals surface area contributed by atoms with Crippen LogP contribution in [0, 0.1) is 0 Å². The molecule has 86 heavy (non-hydrogen) atoms. The second-order valence-electron chi connectivity index (χ2n) is 21.2. The zero-order valence-electron chi connectivity index (χ0n) is 46.0. The molecule has 0 N–H and O–H groups in total. The highest BCUT2D eigenvalue weighted by Gasteiger charge is 2.14. The lowest BCUT2D eigenvalue weighted by molar-refractivity contribution is 1.28. The number of rotatable bonds is 7. The number of hydrogen-bond acceptors (Lipinski definition) is 10. The minimum atomic E-state index is 0.850. The molecule has 0 amide bonds. The van der Waals surface area contributed by atoms with E-state index in [1.165, 1.54) is 0 Å². The molecule has 0 spiro atoms. The number of hydrogen-bond donors (Lipinski definition) is 0. The van der Waals surface area contributed by atoms with Crippen LogP contribution in [0.2, 0.25) is 0 Å². The molecule has 0 saturated carbocycles. The summed E-state index contributed by atoms with van der Waals surface area (Å²) in [4.78, 5) is 48.7. The summed E-state index contributed by atoms with van der Waals surface area (Å²) >= 11 is 0. The first-order chi connectivity index (χ1) is 42.5. The normalized spacial score (nSPS) is 11.5. The van der Waals surface area contributed by atoms with Gasteiger partial charge in [-0.05, 0) is 97.1 Å². The fraction of sp³-hybridized carbons (Fsp3) is 0. The van der Waals surface area contributed by atoms with E-state index in [0.717, 1.165) is 166 Å². The van der Waals surface area contributed by atoms with Gasteiger partial charge < -0.3 is 0 Å². The highest BCUT2D eigenvalue weighted by Crippen LogP contribution is 2.34. The van der Waals surface area contributed by atoms with Crippen LogP contribution in [0.4, 0.5) is 0 Å². The molecule has 7 aromatic carbocycles. The number of pyridine rings is 10. The topological polar surface area (TPSA) is 129 Å². The summed E-state index contributed by atoms with van der Waals surface area (Å²) in [5.41, 5.74) is 20.4. The van der Waals surface area contributed by atoms with Crippen LogP contribution in [0.15, 0.2) is 279 Å². The van der Waals surface area contributed by atoms with E-state index >= 15 is 0 Å². The summed E-state index contributed by atoms with van der Waals surface area (Å²) in [5.74, 6) is 0. The lowest BCUT2D eigenvalue weighted by Gasteiger charge is -2.09. The Labute approximate surface area is 493 Å². The minimum absolute atomic E-state index is 0.850. The molecule has 0 aliphatic rings. The molecule has 10 aromatic heterocycles. The third-order valence-electron chi connectivity index (χ3n) is 15.8. The van der Waals surface area contributed by atoms with Crippen molar-refractivity contribution >= 4 is 87.2 Å². The molecule has 0 unspecified atom stereocenters. The number of nitrogens with zero attached hydrogens (tertiary/aromatic N) is 10. The molecule has 0 aliphatic heterocycles. The molecule has 400 valence electrons. The zero-order valence-corrected chi connectivity index (χ0v) is 46.0. The van der Waals surface area contributed by atoms with Gasteiger partial charge in [-0.1, -0.05) is 164 Å². The first-order valence-corrected chi connectivity index (χ1v) is 28.4. The molecule has 0 saturated heterocycles. The van der Waals surface area contributed by atoms with E-state index in [-0.39, 0.29) is 0 Å². The Balaban J connectivity index is 0.000000141. The van der Waals surface area contributed by atoms with Gasteiger partial charge in [0.25, 0.3) is 0 Å². The summed E-state index contributed by atoms with van der Waals surface area (Å²) in [5, 5.41) is 8.60. The summed E-state index contributed by atoms with van der Waals surface area (Å²) in [6, 6.07) is 88.9. The van der Waals surface area contributed by atoms with Crippen molar-refractivity contribution in [3.05, 3.63) is 279 Å². The van der Waals surface area contributed by atoms with E-state index in [2.05, 4.69) is 203 Å². The Kier molecular flexibility index (Phi) is 12.3. The first kappa shape index (κ1) is 49.9. The molecule has 0 radical (unpaired) electrons. The molecule has 10 nitrogen and oxygen atoms in total. The van der Waals surface area contributed by atoms with Gasteiger partial charge >= 0.3 is 0 Å². The molecule has 17 aromatic rings. The average molecular weight is 1100 g/mol. The zero-order chi connectivity index (χ0) is 56.9. The molecule has 0 fully saturated rings. The van der Waals surface area contributed by atoms with Crippen molar-refractivity contribution in [3.8, 4) is 79.1 Å². The van der Waals surface area contributed by atoms with Crippen LogP contribution in [-0.2, 0) is 0 Å². The SMILES string of the molecule is c1ccc(-c2ccc3ccc(-c4ccc5ccc(-c6ccc7ccc8cccnc8c7n6)cc5n4)cc3n2)nc1.c1ccc(-c2ccc3ccc4ccc(-c5ccc6ccc(-c7ccc8ccc(-c9ccccn9)nc8c7)nc6c5)nc4c3n2)cc1. The van der Waals surface area contributed by atoms with Gasteiger partial charge in [0, 0.05) is 89.5 Å². The van der Waals surface area contributed by atoms with Gasteiger partial charge in [-0.2, -0.15) is 0 Å². The standard InChI is InChI=1S/C41H25N5.C35H21N5/c1-2-6-26(7-3-1)33-20-17-29-11-12-30-18-21-35(46-41(30)40(29)45-33)32-14-10-27-15-19-34(43-38(27)25-32)31-13-9-28-16-22-37(44-39(28)24-31)36-8-4-5-23-42-36;1-2-18-36-30(5-1)31-17-13-23-6-10-26(20-33(23)39-31)28-15-12-22-7-11-27(21-32(22)38-28)29-16-14-25-9-8-24-4-3-19-37-34(24)35(25)40-29/h1-25H;1-21H. The minimum Gasteiger partial charge on any atom is -0.255 e. The molecule has 10 heteroatoms. The van der Waals surface area contributed by atoms with Gasteiger partial charge in [0.15, 0.2) is 0 Å². The number of aromatic nitrogens is 10. The second kappa shape index (κ2) is 21.1. The maximum absolute atomic E-state index is 5.16. The van der Waals surface area contributed by atoms with Gasteiger partial charge in [-0.15, -0.1) is 0 Å². The smallest absolute Gasteiger partial charge is 0.0972 e. The van der Waals surface area contributed by atoms with Crippen LogP contribution in [0.5, 0.6) is 0 Å². The van der Waals surface area contributed by atoms with Gasteiger partial charge in [-0.25, -0.2) is 34.9 Å². The van der Waals surface area contributed by atoms with Gasteiger partial charge in [0.1, 0.15) is 0 Å². The van der Waals surface area contributed by atoms with Crippen LogP contribution < -0.4 is 0 Å². The lowest BCUT2D eigenvalue weighted by atomic mass is 10.0. The van der Waals surface area contributed by atoms with Crippen molar-refractivity contribution in [1.29, 1.82) is 0 Å². The fourth-order valence-corrected chi connectivity index (χ4v) is 11.3. The van der Waals surface area contributed by atoms with E-state index in [1.54, 1.807) is 12.4 Å². The van der Waals surface area contributed by atoms with Crippen LogP contribution in [0.3, 0.4) is 0 Å². The lowest BCUT2D eigenvalue weighted by Crippen LogP contribution is -1.92.